The molecule has 17 heavy (non-hydrogen) atoms. The Morgan fingerprint density at radius 3 is 2.71 bits per heavy atom. The predicted molar refractivity (Wildman–Crippen MR) is 66.4 cm³/mol. The number of benzene rings is 1. The number of ether oxygens (including phenoxy) is 1. The van der Waals surface area contributed by atoms with Crippen molar-refractivity contribution in [3.05, 3.63) is 21.2 Å². The first-order valence-corrected chi connectivity index (χ1v) is 6.17. The number of anilines is 1. The highest BCUT2D eigenvalue weighted by molar-refractivity contribution is 9.10. The van der Waals surface area contributed by atoms with Gasteiger partial charge in [0.15, 0.2) is 0 Å². The summed E-state index contributed by atoms with van der Waals surface area (Å²) >= 11 is 3.46. The van der Waals surface area contributed by atoms with E-state index < -0.39 is 6.09 Å². The van der Waals surface area contributed by atoms with Crippen LogP contribution < -0.4 is 15.2 Å². The number of nitrogens with one attached hydrogen (secondary N) is 1. The molecule has 0 spiro atoms. The second-order valence-corrected chi connectivity index (χ2v) is 5.08. The molecule has 0 saturated carbocycles. The summed E-state index contributed by atoms with van der Waals surface area (Å²) < 4.78 is 6.53. The molecule has 0 saturated heterocycles. The molecule has 92 valence electrons. The maximum absolute atomic E-state index is 10.7. The highest BCUT2D eigenvalue weighted by Crippen LogP contribution is 2.44. The summed E-state index contributed by atoms with van der Waals surface area (Å²) in [4.78, 5) is 10.7. The molecule has 0 aliphatic carbocycles. The van der Waals surface area contributed by atoms with E-state index in [4.69, 9.17) is 4.74 Å². The smallest absolute Gasteiger partial charge is 0.138 e. The van der Waals surface area contributed by atoms with E-state index in [2.05, 4.69) is 21.2 Å². The second kappa shape index (κ2) is 4.22. The zero-order valence-corrected chi connectivity index (χ0v) is 11.5. The number of carboxylic acid groups (broad SMARTS) is 1. The zero-order valence-electron chi connectivity index (χ0n) is 9.89. The highest BCUT2D eigenvalue weighted by atomic mass is 79.9. The molecule has 1 heterocycles. The molecular formula is C12H13BrNO3-. The van der Waals surface area contributed by atoms with E-state index in [1.165, 1.54) is 0 Å². The molecule has 1 atom stereocenters. The van der Waals surface area contributed by atoms with Gasteiger partial charge in [-0.1, -0.05) is 0 Å². The number of hydrogen-bond acceptors (Lipinski definition) is 3. The molecule has 5 heteroatoms. The number of hydrogen-bond donors (Lipinski definition) is 1. The first-order chi connectivity index (χ1) is 7.91. The molecule has 1 aromatic carbocycles. The van der Waals surface area contributed by atoms with E-state index in [1.807, 2.05) is 20.8 Å². The maximum Gasteiger partial charge on any atom is 0.138 e. The van der Waals surface area contributed by atoms with E-state index in [0.29, 0.717) is 5.69 Å². The van der Waals surface area contributed by atoms with Gasteiger partial charge in [0.2, 0.25) is 0 Å². The van der Waals surface area contributed by atoms with Crippen LogP contribution in [-0.2, 0) is 6.42 Å². The molecule has 2 rings (SSSR count). The average Bonchev–Trinajstić information content (AvgIpc) is 2.63. The predicted octanol–water partition coefficient (Wildman–Crippen LogP) is 2.14. The van der Waals surface area contributed by atoms with Gasteiger partial charge in [0.1, 0.15) is 17.9 Å². The number of halogens is 1. The summed E-state index contributed by atoms with van der Waals surface area (Å²) in [5.41, 5.74) is 3.38. The largest absolute Gasteiger partial charge is 0.530 e. The van der Waals surface area contributed by atoms with Crippen molar-refractivity contribution in [1.82, 2.24) is 0 Å². The third-order valence-electron chi connectivity index (χ3n) is 3.04. The Hall–Kier alpha value is -1.23. The Balaban J connectivity index is 2.60. The molecule has 4 nitrogen and oxygen atoms in total. The lowest BCUT2D eigenvalue weighted by Gasteiger charge is -2.17. The Labute approximate surface area is 108 Å². The van der Waals surface area contributed by atoms with Gasteiger partial charge in [-0.2, -0.15) is 0 Å². The van der Waals surface area contributed by atoms with Gasteiger partial charge in [-0.15, -0.1) is 0 Å². The van der Waals surface area contributed by atoms with E-state index in [1.54, 1.807) is 0 Å². The molecular weight excluding hydrogens is 286 g/mol. The summed E-state index contributed by atoms with van der Waals surface area (Å²) in [5, 5.41) is 13.0. The van der Waals surface area contributed by atoms with Crippen LogP contribution in [0.3, 0.4) is 0 Å². The lowest BCUT2D eigenvalue weighted by atomic mass is 9.99. The van der Waals surface area contributed by atoms with E-state index in [0.717, 1.165) is 33.3 Å². The van der Waals surface area contributed by atoms with Crippen molar-refractivity contribution >= 4 is 27.7 Å². The molecule has 1 aliphatic heterocycles. The summed E-state index contributed by atoms with van der Waals surface area (Å²) in [6.45, 7) is 5.73. The molecule has 1 aromatic rings. The summed E-state index contributed by atoms with van der Waals surface area (Å²) in [6.07, 6.45) is -0.380. The van der Waals surface area contributed by atoms with Gasteiger partial charge >= 0.3 is 0 Å². The zero-order chi connectivity index (χ0) is 12.7. The molecule has 1 N–H and O–H groups in total. The minimum absolute atomic E-state index is 0.123. The number of amides is 1. The second-order valence-electron chi connectivity index (χ2n) is 4.29. The highest BCUT2D eigenvalue weighted by Gasteiger charge is 2.27. The van der Waals surface area contributed by atoms with Crippen LogP contribution in [0.4, 0.5) is 10.5 Å². The molecule has 0 radical (unpaired) electrons. The van der Waals surface area contributed by atoms with Crippen LogP contribution in [0.15, 0.2) is 4.47 Å². The van der Waals surface area contributed by atoms with Crippen LogP contribution >= 0.6 is 15.9 Å². The van der Waals surface area contributed by atoms with E-state index >= 15 is 0 Å². The van der Waals surface area contributed by atoms with E-state index in [9.17, 15) is 9.90 Å². The molecule has 1 amide bonds. The maximum atomic E-state index is 10.7. The number of rotatable bonds is 1. The Morgan fingerprint density at radius 2 is 2.12 bits per heavy atom. The van der Waals surface area contributed by atoms with Crippen LogP contribution in [0.5, 0.6) is 5.75 Å². The van der Waals surface area contributed by atoms with Crippen molar-refractivity contribution < 1.29 is 14.6 Å². The van der Waals surface area contributed by atoms with Crippen molar-refractivity contribution in [2.24, 2.45) is 0 Å². The number of fused-ring (bicyclic) bond motifs is 1. The Bertz CT molecular complexity index is 499. The number of carbonyl (C=O) groups excluding carboxylic acids is 1. The normalized spacial score (nSPS) is 17.5. The third kappa shape index (κ3) is 1.99. The summed E-state index contributed by atoms with van der Waals surface area (Å²) in [5.74, 6) is 0.830. The van der Waals surface area contributed by atoms with Gasteiger partial charge in [0.25, 0.3) is 0 Å². The number of carbonyl (C=O) groups is 1. The lowest BCUT2D eigenvalue weighted by Crippen LogP contribution is -2.29. The van der Waals surface area contributed by atoms with Gasteiger partial charge in [-0.05, 0) is 47.8 Å². The molecule has 0 aromatic heterocycles. The minimum Gasteiger partial charge on any atom is -0.530 e. The van der Waals surface area contributed by atoms with Crippen LogP contribution in [-0.4, -0.2) is 12.2 Å². The van der Waals surface area contributed by atoms with Gasteiger partial charge in [0.05, 0.1) is 4.47 Å². The molecule has 0 bridgehead atoms. The molecule has 1 aliphatic rings. The molecule has 1 unspecified atom stereocenters. The first-order valence-electron chi connectivity index (χ1n) is 5.38. The fourth-order valence-corrected chi connectivity index (χ4v) is 2.73. The monoisotopic (exact) mass is 298 g/mol. The SMILES string of the molecule is Cc1c(Br)c2c(c(C)c1NC(=O)[O-])CC(C)O2. The van der Waals surface area contributed by atoms with Crippen molar-refractivity contribution in [3.63, 3.8) is 0 Å². The summed E-state index contributed by atoms with van der Waals surface area (Å²) in [6, 6.07) is 0. The van der Waals surface area contributed by atoms with Gasteiger partial charge in [-0.3, -0.25) is 0 Å². The quantitative estimate of drug-likeness (QED) is 0.864. The van der Waals surface area contributed by atoms with Crippen molar-refractivity contribution in [3.8, 4) is 5.75 Å². The van der Waals surface area contributed by atoms with Gasteiger partial charge in [-0.25, -0.2) is 0 Å². The topological polar surface area (TPSA) is 61.4 Å². The fourth-order valence-electron chi connectivity index (χ4n) is 2.20. The van der Waals surface area contributed by atoms with Gasteiger partial charge < -0.3 is 20.0 Å². The average molecular weight is 299 g/mol. The summed E-state index contributed by atoms with van der Waals surface area (Å²) in [7, 11) is 0. The van der Waals surface area contributed by atoms with Crippen molar-refractivity contribution in [2.75, 3.05) is 5.32 Å². The minimum atomic E-state index is -1.30. The molecule has 0 fully saturated rings. The Morgan fingerprint density at radius 1 is 1.47 bits per heavy atom. The first kappa shape index (κ1) is 12.2. The lowest BCUT2D eigenvalue weighted by molar-refractivity contribution is -0.242. The third-order valence-corrected chi connectivity index (χ3v) is 4.00. The fraction of sp³-hybridized carbons (Fsp3) is 0.417. The van der Waals surface area contributed by atoms with Gasteiger partial charge in [0, 0.05) is 17.7 Å². The van der Waals surface area contributed by atoms with Crippen LogP contribution in [0.25, 0.3) is 0 Å². The van der Waals surface area contributed by atoms with Crippen molar-refractivity contribution in [2.45, 2.75) is 33.3 Å². The van der Waals surface area contributed by atoms with Crippen LogP contribution in [0.1, 0.15) is 23.6 Å². The van der Waals surface area contributed by atoms with Crippen molar-refractivity contribution in [1.29, 1.82) is 0 Å². The van der Waals surface area contributed by atoms with Crippen LogP contribution in [0.2, 0.25) is 0 Å². The van der Waals surface area contributed by atoms with E-state index in [-0.39, 0.29) is 6.10 Å². The van der Waals surface area contributed by atoms with Crippen LogP contribution in [0, 0.1) is 13.8 Å². The standard InChI is InChI=1S/C12H14BrNO3/c1-5-4-8-6(2)10(14-12(15)16)7(3)9(13)11(8)17-5/h5,14H,4H2,1-3H3,(H,15,16)/p-1. The Kier molecular flexibility index (Phi) is 3.03.